The molecule has 0 atom stereocenters. The maximum Gasteiger partial charge on any atom is 0.336 e. The average molecular weight is 698 g/mol. The van der Waals surface area contributed by atoms with Crippen molar-refractivity contribution in [3.05, 3.63) is 159 Å². The van der Waals surface area contributed by atoms with E-state index < -0.39 is 23.8 Å². The first-order valence-corrected chi connectivity index (χ1v) is 16.7. The molecule has 2 heterocycles. The fourth-order valence-corrected chi connectivity index (χ4v) is 5.94. The Morgan fingerprint density at radius 2 is 1.13 bits per heavy atom. The number of aryl methyl sites for hydroxylation is 1. The van der Waals surface area contributed by atoms with E-state index in [0.717, 1.165) is 29.8 Å². The van der Waals surface area contributed by atoms with Gasteiger partial charge >= 0.3 is 11.9 Å². The highest BCUT2D eigenvalue weighted by atomic mass is 16.4. The second-order valence-electron chi connectivity index (χ2n) is 12.2. The quantitative estimate of drug-likeness (QED) is 0.105. The number of anilines is 2. The lowest BCUT2D eigenvalue weighted by molar-refractivity contribution is 0.0683. The monoisotopic (exact) mass is 697 g/mol. The van der Waals surface area contributed by atoms with E-state index >= 15 is 0 Å². The van der Waals surface area contributed by atoms with E-state index in [1.54, 1.807) is 71.4 Å². The SMILES string of the molecule is CCCCc1nc2ccn(Cc3ccc(NC(=O)c4ccccc4C(=O)O)cc3)c(=O)c2n1Cc1ccc(NC(=O)c2ccccc2C(=O)O)cc1. The van der Waals surface area contributed by atoms with E-state index in [-0.39, 0.29) is 34.4 Å². The van der Waals surface area contributed by atoms with Gasteiger partial charge in [-0.2, -0.15) is 0 Å². The maximum absolute atomic E-state index is 14.0. The molecule has 0 aliphatic carbocycles. The minimum absolute atomic E-state index is 0.0516. The third-order valence-electron chi connectivity index (χ3n) is 8.62. The number of rotatable bonds is 13. The predicted octanol–water partition coefficient (Wildman–Crippen LogP) is 6.54. The van der Waals surface area contributed by atoms with Gasteiger partial charge in [-0.1, -0.05) is 61.9 Å². The minimum Gasteiger partial charge on any atom is -0.478 e. The molecule has 2 aromatic heterocycles. The third kappa shape index (κ3) is 7.65. The molecule has 52 heavy (non-hydrogen) atoms. The lowest BCUT2D eigenvalue weighted by Crippen LogP contribution is -2.23. The summed E-state index contributed by atoms with van der Waals surface area (Å²) in [5, 5.41) is 24.4. The summed E-state index contributed by atoms with van der Waals surface area (Å²) in [6.07, 6.45) is 4.25. The van der Waals surface area contributed by atoms with Crippen LogP contribution in [0.5, 0.6) is 0 Å². The molecule has 4 aromatic carbocycles. The Morgan fingerprint density at radius 3 is 1.62 bits per heavy atom. The zero-order valence-corrected chi connectivity index (χ0v) is 28.2. The summed E-state index contributed by atoms with van der Waals surface area (Å²) >= 11 is 0. The lowest BCUT2D eigenvalue weighted by atomic mass is 10.1. The van der Waals surface area contributed by atoms with Crippen LogP contribution in [0, 0.1) is 0 Å². The van der Waals surface area contributed by atoms with Gasteiger partial charge in [0.05, 0.1) is 34.3 Å². The van der Waals surface area contributed by atoms with Crippen molar-refractivity contribution >= 4 is 46.2 Å². The van der Waals surface area contributed by atoms with Crippen LogP contribution in [0.4, 0.5) is 11.4 Å². The van der Waals surface area contributed by atoms with E-state index in [0.29, 0.717) is 35.4 Å². The molecule has 262 valence electrons. The number of carboxylic acids is 2. The standard InChI is InChI=1S/C40H35N5O7/c1-2-3-12-34-43-33-21-22-44(23-25-13-17-27(18-14-25)41-36(46)29-8-4-6-10-31(29)39(49)50)38(48)35(33)45(34)24-26-15-19-28(20-16-26)42-37(47)30-9-5-7-11-32(30)40(51)52/h4-11,13-22H,2-3,12,23-24H2,1H3,(H,41,46)(H,42,47)(H,49,50)(H,51,52). The molecule has 0 unspecified atom stereocenters. The minimum atomic E-state index is -1.19. The van der Waals surface area contributed by atoms with Crippen molar-refractivity contribution in [2.45, 2.75) is 39.3 Å². The van der Waals surface area contributed by atoms with Gasteiger partial charge in [0.25, 0.3) is 17.4 Å². The number of aromatic carboxylic acids is 2. The van der Waals surface area contributed by atoms with Crippen molar-refractivity contribution in [3.8, 4) is 0 Å². The number of pyridine rings is 1. The van der Waals surface area contributed by atoms with Gasteiger partial charge in [0, 0.05) is 30.5 Å². The summed E-state index contributed by atoms with van der Waals surface area (Å²) in [6, 6.07) is 28.0. The number of aromatic nitrogens is 3. The summed E-state index contributed by atoms with van der Waals surface area (Å²) in [5.41, 5.74) is 3.44. The zero-order chi connectivity index (χ0) is 36.8. The largest absolute Gasteiger partial charge is 0.478 e. The lowest BCUT2D eigenvalue weighted by Gasteiger charge is -2.12. The van der Waals surface area contributed by atoms with E-state index in [9.17, 15) is 34.2 Å². The summed E-state index contributed by atoms with van der Waals surface area (Å²) in [6.45, 7) is 2.72. The van der Waals surface area contributed by atoms with Gasteiger partial charge < -0.3 is 30.0 Å². The van der Waals surface area contributed by atoms with Crippen LogP contribution in [-0.4, -0.2) is 48.1 Å². The van der Waals surface area contributed by atoms with E-state index in [1.165, 1.54) is 24.3 Å². The van der Waals surface area contributed by atoms with Gasteiger partial charge in [0.15, 0.2) is 0 Å². The van der Waals surface area contributed by atoms with Crippen molar-refractivity contribution in [1.29, 1.82) is 0 Å². The number of imidazole rings is 1. The molecule has 12 heteroatoms. The molecule has 0 aliphatic heterocycles. The van der Waals surface area contributed by atoms with Crippen LogP contribution in [0.25, 0.3) is 11.0 Å². The summed E-state index contributed by atoms with van der Waals surface area (Å²) in [5.74, 6) is -2.66. The second kappa shape index (κ2) is 15.4. The topological polar surface area (TPSA) is 173 Å². The number of nitrogens with zero attached hydrogens (tertiary/aromatic N) is 3. The number of carbonyl (C=O) groups excluding carboxylic acids is 2. The van der Waals surface area contributed by atoms with Crippen molar-refractivity contribution < 1.29 is 29.4 Å². The number of carbonyl (C=O) groups is 4. The highest BCUT2D eigenvalue weighted by Crippen LogP contribution is 2.21. The summed E-state index contributed by atoms with van der Waals surface area (Å²) in [4.78, 5) is 67.6. The first-order chi connectivity index (χ1) is 25.1. The number of benzene rings is 4. The number of nitrogens with one attached hydrogen (secondary N) is 2. The predicted molar refractivity (Wildman–Crippen MR) is 196 cm³/mol. The van der Waals surface area contributed by atoms with Crippen molar-refractivity contribution in [2.75, 3.05) is 10.6 Å². The van der Waals surface area contributed by atoms with Crippen molar-refractivity contribution in [1.82, 2.24) is 14.1 Å². The summed E-state index contributed by atoms with van der Waals surface area (Å²) < 4.78 is 3.54. The Balaban J connectivity index is 1.21. The van der Waals surface area contributed by atoms with Crippen LogP contribution in [-0.2, 0) is 19.5 Å². The highest BCUT2D eigenvalue weighted by Gasteiger charge is 2.19. The Kier molecular flexibility index (Phi) is 10.4. The molecule has 6 aromatic rings. The smallest absolute Gasteiger partial charge is 0.336 e. The van der Waals surface area contributed by atoms with E-state index in [4.69, 9.17) is 4.98 Å². The number of carboxylic acid groups (broad SMARTS) is 2. The number of fused-ring (bicyclic) bond motifs is 1. The molecule has 0 saturated heterocycles. The highest BCUT2D eigenvalue weighted by molar-refractivity contribution is 6.11. The van der Waals surface area contributed by atoms with Crippen LogP contribution in [0.2, 0.25) is 0 Å². The van der Waals surface area contributed by atoms with Gasteiger partial charge in [-0.3, -0.25) is 14.4 Å². The molecule has 12 nitrogen and oxygen atoms in total. The number of unbranched alkanes of at least 4 members (excludes halogenated alkanes) is 1. The van der Waals surface area contributed by atoms with E-state index in [1.807, 2.05) is 22.8 Å². The molecular weight excluding hydrogens is 662 g/mol. The summed E-state index contributed by atoms with van der Waals surface area (Å²) in [7, 11) is 0. The molecule has 6 rings (SSSR count). The van der Waals surface area contributed by atoms with Crippen LogP contribution >= 0.6 is 0 Å². The Hall–Kier alpha value is -6.82. The molecule has 2 amide bonds. The van der Waals surface area contributed by atoms with Gasteiger partial charge in [-0.05, 0) is 72.1 Å². The normalized spacial score (nSPS) is 10.9. The Labute approximate surface area is 298 Å². The molecule has 0 spiro atoms. The number of hydrogen-bond donors (Lipinski definition) is 4. The van der Waals surface area contributed by atoms with Crippen molar-refractivity contribution in [2.24, 2.45) is 0 Å². The molecule has 0 fully saturated rings. The average Bonchev–Trinajstić information content (AvgIpc) is 3.50. The molecule has 0 bridgehead atoms. The first-order valence-electron chi connectivity index (χ1n) is 16.7. The van der Waals surface area contributed by atoms with Crippen molar-refractivity contribution in [3.63, 3.8) is 0 Å². The van der Waals surface area contributed by atoms with Gasteiger partial charge in [-0.25, -0.2) is 14.6 Å². The fourth-order valence-electron chi connectivity index (χ4n) is 5.94. The van der Waals surface area contributed by atoms with E-state index in [2.05, 4.69) is 17.6 Å². The first kappa shape index (κ1) is 35.0. The van der Waals surface area contributed by atoms with Crippen LogP contribution < -0.4 is 16.2 Å². The molecule has 0 radical (unpaired) electrons. The third-order valence-corrected chi connectivity index (χ3v) is 8.62. The van der Waals surface area contributed by atoms with Crippen LogP contribution in [0.1, 0.15) is 78.1 Å². The van der Waals surface area contributed by atoms with Gasteiger partial charge in [-0.15, -0.1) is 0 Å². The van der Waals surface area contributed by atoms with Crippen LogP contribution in [0.3, 0.4) is 0 Å². The second-order valence-corrected chi connectivity index (χ2v) is 12.2. The van der Waals surface area contributed by atoms with Gasteiger partial charge in [0.2, 0.25) is 0 Å². The maximum atomic E-state index is 14.0. The molecule has 0 saturated carbocycles. The zero-order valence-electron chi connectivity index (χ0n) is 28.2. The number of amides is 2. The molecular formula is C40H35N5O7. The Morgan fingerprint density at radius 1 is 0.654 bits per heavy atom. The fraction of sp³-hybridized carbons (Fsp3) is 0.150. The molecule has 0 aliphatic rings. The Bertz CT molecular complexity index is 2360. The molecule has 4 N–H and O–H groups in total. The van der Waals surface area contributed by atoms with Gasteiger partial charge in [0.1, 0.15) is 11.3 Å². The number of hydrogen-bond acceptors (Lipinski definition) is 6. The van der Waals surface area contributed by atoms with Crippen LogP contribution in [0.15, 0.2) is 114 Å².